The number of hydrogen-bond acceptors (Lipinski definition) is 4. The van der Waals surface area contributed by atoms with Crippen LogP contribution in [0.5, 0.6) is 0 Å². The lowest BCUT2D eigenvalue weighted by Crippen LogP contribution is -2.41. The van der Waals surface area contributed by atoms with E-state index in [1.54, 1.807) is 0 Å². The van der Waals surface area contributed by atoms with Gasteiger partial charge >= 0.3 is 14.2 Å². The van der Waals surface area contributed by atoms with Gasteiger partial charge in [0, 0.05) is 11.8 Å². The highest BCUT2D eigenvalue weighted by atomic mass is 35.5. The molecule has 0 aromatic rings. The quantitative estimate of drug-likeness (QED) is 0.548. The number of hydrogen-bond donors (Lipinski definition) is 0. The summed E-state index contributed by atoms with van der Waals surface area (Å²) in [6, 6.07) is 0. The van der Waals surface area contributed by atoms with Gasteiger partial charge in [-0.05, 0) is 66.3 Å². The molecule has 2 rings (SSSR count). The lowest BCUT2D eigenvalue weighted by Gasteiger charge is -2.32. The largest absolute Gasteiger partial charge is 0.486 e. The van der Waals surface area contributed by atoms with Crippen molar-refractivity contribution in [3.8, 4) is 0 Å². The van der Waals surface area contributed by atoms with Gasteiger partial charge in [0.2, 0.25) is 0 Å². The van der Waals surface area contributed by atoms with Crippen molar-refractivity contribution in [1.82, 2.24) is 0 Å². The first kappa shape index (κ1) is 20.6. The van der Waals surface area contributed by atoms with Gasteiger partial charge < -0.3 is 18.6 Å². The molecule has 2 aliphatic heterocycles. The van der Waals surface area contributed by atoms with Crippen LogP contribution in [-0.2, 0) is 18.6 Å². The summed E-state index contributed by atoms with van der Waals surface area (Å²) in [5, 5.41) is 0.748. The first-order chi connectivity index (χ1) is 10.8. The van der Waals surface area contributed by atoms with E-state index in [2.05, 4.69) is 0 Å². The molecule has 0 amide bonds. The Labute approximate surface area is 156 Å². The number of rotatable bonds is 4. The van der Waals surface area contributed by atoms with Crippen LogP contribution in [0.4, 0.5) is 0 Å². The van der Waals surface area contributed by atoms with Crippen LogP contribution in [0.1, 0.15) is 55.4 Å². The Bertz CT molecular complexity index is 456. The van der Waals surface area contributed by atoms with Gasteiger partial charge in [-0.2, -0.15) is 0 Å². The van der Waals surface area contributed by atoms with Crippen molar-refractivity contribution in [2.75, 3.05) is 11.8 Å². The van der Waals surface area contributed by atoms with Crippen LogP contribution in [0, 0.1) is 0 Å². The van der Waals surface area contributed by atoms with Gasteiger partial charge in [-0.3, -0.25) is 0 Å². The molecule has 2 heterocycles. The molecule has 0 saturated carbocycles. The van der Waals surface area contributed by atoms with Crippen molar-refractivity contribution >= 4 is 37.4 Å². The second-order valence-corrected chi connectivity index (χ2v) is 9.04. The van der Waals surface area contributed by atoms with E-state index in [-0.39, 0.29) is 11.8 Å². The molecule has 0 aromatic heterocycles. The Morgan fingerprint density at radius 1 is 0.625 bits per heavy atom. The van der Waals surface area contributed by atoms with Gasteiger partial charge in [0.05, 0.1) is 22.4 Å². The van der Waals surface area contributed by atoms with Crippen LogP contribution in [0.3, 0.4) is 0 Å². The van der Waals surface area contributed by atoms with E-state index in [1.165, 1.54) is 0 Å². The smallest absolute Gasteiger partial charge is 0.400 e. The molecule has 0 spiro atoms. The van der Waals surface area contributed by atoms with Crippen LogP contribution in [-0.4, -0.2) is 48.4 Å². The van der Waals surface area contributed by atoms with E-state index in [1.807, 2.05) is 55.4 Å². The average Bonchev–Trinajstić information content (AvgIpc) is 2.74. The summed E-state index contributed by atoms with van der Waals surface area (Å²) < 4.78 is 24.8. The number of halogens is 2. The third-order valence-electron chi connectivity index (χ3n) is 5.75. The fraction of sp³-hybridized carbons (Fsp3) is 0.875. The molecule has 0 aromatic carbocycles. The summed E-state index contributed by atoms with van der Waals surface area (Å²) in [7, 11) is -1.20. The molecule has 4 nitrogen and oxygen atoms in total. The highest BCUT2D eigenvalue weighted by Crippen LogP contribution is 2.44. The number of allylic oxidation sites excluding steroid dienone is 1. The van der Waals surface area contributed by atoms with Crippen LogP contribution in [0.15, 0.2) is 10.9 Å². The van der Waals surface area contributed by atoms with E-state index in [0.29, 0.717) is 0 Å². The minimum absolute atomic E-state index is 0.271. The molecule has 2 aliphatic rings. The van der Waals surface area contributed by atoms with Gasteiger partial charge in [0.15, 0.2) is 0 Å². The summed E-state index contributed by atoms with van der Waals surface area (Å²) in [4.78, 5) is 0. The van der Waals surface area contributed by atoms with Crippen molar-refractivity contribution in [2.45, 2.75) is 77.8 Å². The predicted molar refractivity (Wildman–Crippen MR) is 101 cm³/mol. The van der Waals surface area contributed by atoms with Crippen molar-refractivity contribution < 1.29 is 18.6 Å². The van der Waals surface area contributed by atoms with Crippen molar-refractivity contribution in [2.24, 2.45) is 0 Å². The maximum atomic E-state index is 6.20. The van der Waals surface area contributed by atoms with Gasteiger partial charge in [0.25, 0.3) is 0 Å². The summed E-state index contributed by atoms with van der Waals surface area (Å²) >= 11 is 12.3. The summed E-state index contributed by atoms with van der Waals surface area (Å²) in [6.45, 7) is 16.1. The maximum absolute atomic E-state index is 6.20. The monoisotopic (exact) mass is 376 g/mol. The first-order valence-corrected chi connectivity index (χ1v) is 9.40. The van der Waals surface area contributed by atoms with Gasteiger partial charge in [-0.1, -0.05) is 0 Å². The molecule has 0 radical (unpaired) electrons. The summed E-state index contributed by atoms with van der Waals surface area (Å²) in [5.41, 5.74) is -1.03. The standard InChI is InChI=1S/C16H28B2Cl2O4/c1-13(2)14(3,4)22-17(21-13)12(11(9-19)10-20)18-23-15(5,6)16(7,8)24-18/h9-10H2,1-8H3. The molecule has 0 bridgehead atoms. The Kier molecular flexibility index (Phi) is 5.55. The zero-order chi connectivity index (χ0) is 18.6. The van der Waals surface area contributed by atoms with E-state index >= 15 is 0 Å². The SMILES string of the molecule is CC1(C)OB(C(B2OC(C)(C)C(C)(C)O2)=C(CCl)CCl)OC1(C)C. The molecular weight excluding hydrogens is 349 g/mol. The average molecular weight is 377 g/mol. The topological polar surface area (TPSA) is 36.9 Å². The molecular formula is C16H28B2Cl2O4. The molecule has 8 heteroatoms. The maximum Gasteiger partial charge on any atom is 0.486 e. The molecule has 2 saturated heterocycles. The molecule has 2 fully saturated rings. The van der Waals surface area contributed by atoms with Crippen LogP contribution < -0.4 is 0 Å². The Morgan fingerprint density at radius 3 is 1.08 bits per heavy atom. The molecule has 0 atom stereocenters. The zero-order valence-electron chi connectivity index (χ0n) is 16.0. The van der Waals surface area contributed by atoms with Crippen LogP contribution in [0.25, 0.3) is 0 Å². The van der Waals surface area contributed by atoms with Crippen molar-refractivity contribution in [3.05, 3.63) is 10.9 Å². The summed E-state index contributed by atoms with van der Waals surface area (Å²) in [6.07, 6.45) is 0. The minimum Gasteiger partial charge on any atom is -0.400 e. The molecule has 136 valence electrons. The fourth-order valence-electron chi connectivity index (χ4n) is 2.57. The molecule has 0 N–H and O–H groups in total. The van der Waals surface area contributed by atoms with Gasteiger partial charge in [-0.25, -0.2) is 0 Å². The second kappa shape index (κ2) is 6.47. The molecule has 24 heavy (non-hydrogen) atoms. The Morgan fingerprint density at radius 2 is 0.875 bits per heavy atom. The van der Waals surface area contributed by atoms with Crippen molar-refractivity contribution in [3.63, 3.8) is 0 Å². The molecule has 0 unspecified atom stereocenters. The highest BCUT2D eigenvalue weighted by Gasteiger charge is 2.60. The summed E-state index contributed by atoms with van der Waals surface area (Å²) in [5.74, 6) is 0.542. The second-order valence-electron chi connectivity index (χ2n) is 8.50. The highest BCUT2D eigenvalue weighted by molar-refractivity contribution is 6.79. The first-order valence-electron chi connectivity index (χ1n) is 8.33. The molecule has 0 aliphatic carbocycles. The zero-order valence-corrected chi connectivity index (χ0v) is 17.5. The third-order valence-corrected chi connectivity index (χ3v) is 6.39. The Balaban J connectivity index is 2.42. The fourth-order valence-corrected chi connectivity index (χ4v) is 3.17. The van der Waals surface area contributed by atoms with Gasteiger partial charge in [-0.15, -0.1) is 23.2 Å². The Hall–Kier alpha value is 0.290. The van der Waals surface area contributed by atoms with Crippen LogP contribution in [0.2, 0.25) is 0 Å². The van der Waals surface area contributed by atoms with Crippen molar-refractivity contribution in [1.29, 1.82) is 0 Å². The van der Waals surface area contributed by atoms with E-state index < -0.39 is 36.6 Å². The van der Waals surface area contributed by atoms with Crippen LogP contribution >= 0.6 is 23.2 Å². The third kappa shape index (κ3) is 3.43. The van der Waals surface area contributed by atoms with E-state index in [0.717, 1.165) is 10.9 Å². The van der Waals surface area contributed by atoms with E-state index in [4.69, 9.17) is 41.8 Å². The van der Waals surface area contributed by atoms with Gasteiger partial charge in [0.1, 0.15) is 0 Å². The lowest BCUT2D eigenvalue weighted by molar-refractivity contribution is 0.00578. The normalized spacial score (nSPS) is 26.8. The lowest BCUT2D eigenvalue weighted by atomic mass is 9.55. The predicted octanol–water partition coefficient (Wildman–Crippen LogP) is 4.02. The minimum atomic E-state index is -0.600. The number of alkyl halides is 2. The van der Waals surface area contributed by atoms with E-state index in [9.17, 15) is 0 Å².